The number of nitrogens with one attached hydrogen (secondary N) is 1. The van der Waals surface area contributed by atoms with Crippen molar-refractivity contribution in [1.29, 1.82) is 0 Å². The van der Waals surface area contributed by atoms with E-state index in [0.717, 1.165) is 0 Å². The fourth-order valence-electron chi connectivity index (χ4n) is 1.24. The molecule has 11 heavy (non-hydrogen) atoms. The van der Waals surface area contributed by atoms with Crippen molar-refractivity contribution in [2.75, 3.05) is 6.54 Å². The topological polar surface area (TPSA) is 58.6 Å². The Bertz CT molecular complexity index is 160. The summed E-state index contributed by atoms with van der Waals surface area (Å²) in [6, 6.07) is -0.550. The molecule has 0 aliphatic carbocycles. The first kappa shape index (κ1) is 8.49. The molecule has 1 saturated heterocycles. The highest BCUT2D eigenvalue weighted by atomic mass is 16.5. The Kier molecular flexibility index (Phi) is 2.46. The van der Waals surface area contributed by atoms with Crippen molar-refractivity contribution < 1.29 is 14.6 Å². The number of hydrogen-bond donors (Lipinski definition) is 2. The molecule has 1 fully saturated rings. The zero-order chi connectivity index (χ0) is 8.43. The molecule has 0 aromatic carbocycles. The van der Waals surface area contributed by atoms with Crippen molar-refractivity contribution in [3.05, 3.63) is 0 Å². The van der Waals surface area contributed by atoms with E-state index in [1.54, 1.807) is 6.92 Å². The van der Waals surface area contributed by atoms with Crippen LogP contribution in [-0.4, -0.2) is 35.9 Å². The molecule has 1 heterocycles. The van der Waals surface area contributed by atoms with Crippen LogP contribution in [0.25, 0.3) is 0 Å². The van der Waals surface area contributed by atoms with Crippen molar-refractivity contribution in [2.45, 2.75) is 32.1 Å². The maximum Gasteiger partial charge on any atom is 0.323 e. The van der Waals surface area contributed by atoms with E-state index in [1.807, 2.05) is 6.92 Å². The van der Waals surface area contributed by atoms with Crippen molar-refractivity contribution in [2.24, 2.45) is 0 Å². The third kappa shape index (κ3) is 1.91. The Morgan fingerprint density at radius 1 is 1.64 bits per heavy atom. The van der Waals surface area contributed by atoms with Gasteiger partial charge in [-0.3, -0.25) is 10.1 Å². The molecule has 0 radical (unpaired) electrons. The summed E-state index contributed by atoms with van der Waals surface area (Å²) >= 11 is 0. The number of morpholine rings is 1. The molecule has 0 aromatic rings. The second-order valence-electron chi connectivity index (χ2n) is 2.88. The summed E-state index contributed by atoms with van der Waals surface area (Å²) in [6.07, 6.45) is -0.128. The molecular weight excluding hydrogens is 146 g/mol. The van der Waals surface area contributed by atoms with Crippen LogP contribution in [0.4, 0.5) is 0 Å². The number of carboxylic acids is 1. The number of carbonyl (C=O) groups is 1. The van der Waals surface area contributed by atoms with Crippen molar-refractivity contribution in [1.82, 2.24) is 5.32 Å². The predicted octanol–water partition coefficient (Wildman–Crippen LogP) is -0.164. The average molecular weight is 159 g/mol. The van der Waals surface area contributed by atoms with E-state index in [4.69, 9.17) is 9.84 Å². The molecular formula is C7H13NO3. The molecule has 0 aromatic heterocycles. The van der Waals surface area contributed by atoms with Crippen LogP contribution in [0.5, 0.6) is 0 Å². The number of carboxylic acid groups (broad SMARTS) is 1. The summed E-state index contributed by atoms with van der Waals surface area (Å²) in [6.45, 7) is 4.30. The van der Waals surface area contributed by atoms with Gasteiger partial charge in [0.25, 0.3) is 0 Å². The van der Waals surface area contributed by atoms with E-state index in [1.165, 1.54) is 0 Å². The van der Waals surface area contributed by atoms with Gasteiger partial charge in [-0.1, -0.05) is 0 Å². The van der Waals surface area contributed by atoms with Crippen LogP contribution in [0, 0.1) is 0 Å². The Morgan fingerprint density at radius 3 is 2.73 bits per heavy atom. The van der Waals surface area contributed by atoms with Gasteiger partial charge < -0.3 is 9.84 Å². The quantitative estimate of drug-likeness (QED) is 0.558. The lowest BCUT2D eigenvalue weighted by atomic mass is 10.1. The summed E-state index contributed by atoms with van der Waals surface area (Å²) in [4.78, 5) is 10.5. The van der Waals surface area contributed by atoms with Crippen LogP contribution >= 0.6 is 0 Å². The first-order chi connectivity index (χ1) is 5.11. The highest BCUT2D eigenvalue weighted by Gasteiger charge is 2.30. The minimum absolute atomic E-state index is 0.112. The van der Waals surface area contributed by atoms with Gasteiger partial charge in [-0.15, -0.1) is 0 Å². The molecule has 0 bridgehead atoms. The van der Waals surface area contributed by atoms with Gasteiger partial charge in [0.1, 0.15) is 6.04 Å². The van der Waals surface area contributed by atoms with E-state index in [0.29, 0.717) is 6.54 Å². The molecule has 4 nitrogen and oxygen atoms in total. The molecule has 64 valence electrons. The standard InChI is InChI=1S/C7H13NO3/c1-4-3-8-6(7(9)10)5(2)11-4/h4-6,8H,3H2,1-2H3,(H,9,10). The van der Waals surface area contributed by atoms with E-state index >= 15 is 0 Å². The molecule has 1 rings (SSSR count). The predicted molar refractivity (Wildman–Crippen MR) is 39.4 cm³/mol. The molecule has 1 aliphatic rings. The Labute approximate surface area is 65.5 Å². The number of rotatable bonds is 1. The maximum atomic E-state index is 10.5. The summed E-state index contributed by atoms with van der Waals surface area (Å²) in [5.74, 6) is -0.843. The van der Waals surface area contributed by atoms with Crippen molar-refractivity contribution >= 4 is 5.97 Å². The van der Waals surface area contributed by atoms with Gasteiger partial charge in [0.2, 0.25) is 0 Å². The van der Waals surface area contributed by atoms with Crippen LogP contribution < -0.4 is 5.32 Å². The van der Waals surface area contributed by atoms with Gasteiger partial charge >= 0.3 is 5.97 Å². The average Bonchev–Trinajstić information content (AvgIpc) is 1.85. The minimum Gasteiger partial charge on any atom is -0.480 e. The fourth-order valence-corrected chi connectivity index (χ4v) is 1.24. The number of aliphatic carboxylic acids is 1. The lowest BCUT2D eigenvalue weighted by Gasteiger charge is -2.31. The third-order valence-electron chi connectivity index (χ3n) is 1.81. The first-order valence-corrected chi connectivity index (χ1v) is 3.73. The second kappa shape index (κ2) is 3.19. The van der Waals surface area contributed by atoms with E-state index in [9.17, 15) is 4.79 Å². The van der Waals surface area contributed by atoms with Crippen LogP contribution in [0.2, 0.25) is 0 Å². The minimum atomic E-state index is -0.843. The van der Waals surface area contributed by atoms with Crippen LogP contribution in [-0.2, 0) is 9.53 Å². The lowest BCUT2D eigenvalue weighted by Crippen LogP contribution is -2.54. The lowest BCUT2D eigenvalue weighted by molar-refractivity contribution is -0.148. The Morgan fingerprint density at radius 2 is 2.27 bits per heavy atom. The smallest absolute Gasteiger partial charge is 0.323 e. The summed E-state index contributed by atoms with van der Waals surface area (Å²) in [7, 11) is 0. The van der Waals surface area contributed by atoms with Crippen LogP contribution in [0.1, 0.15) is 13.8 Å². The monoisotopic (exact) mass is 159 g/mol. The SMILES string of the molecule is CC1CNC(C(=O)O)C(C)O1. The van der Waals surface area contributed by atoms with Crippen LogP contribution in [0.15, 0.2) is 0 Å². The summed E-state index contributed by atoms with van der Waals surface area (Å²) < 4.78 is 5.32. The highest BCUT2D eigenvalue weighted by Crippen LogP contribution is 2.08. The van der Waals surface area contributed by atoms with E-state index < -0.39 is 12.0 Å². The maximum absolute atomic E-state index is 10.5. The normalized spacial score (nSPS) is 38.5. The van der Waals surface area contributed by atoms with E-state index in [-0.39, 0.29) is 12.2 Å². The van der Waals surface area contributed by atoms with Gasteiger partial charge in [0, 0.05) is 6.54 Å². The fraction of sp³-hybridized carbons (Fsp3) is 0.857. The molecule has 4 heteroatoms. The molecule has 3 atom stereocenters. The zero-order valence-corrected chi connectivity index (χ0v) is 6.70. The van der Waals surface area contributed by atoms with Gasteiger partial charge in [0.15, 0.2) is 0 Å². The number of hydrogen-bond acceptors (Lipinski definition) is 3. The zero-order valence-electron chi connectivity index (χ0n) is 6.70. The molecule has 0 amide bonds. The van der Waals surface area contributed by atoms with Gasteiger partial charge in [-0.25, -0.2) is 0 Å². The van der Waals surface area contributed by atoms with Crippen molar-refractivity contribution in [3.63, 3.8) is 0 Å². The first-order valence-electron chi connectivity index (χ1n) is 3.73. The van der Waals surface area contributed by atoms with Crippen LogP contribution in [0.3, 0.4) is 0 Å². The largest absolute Gasteiger partial charge is 0.480 e. The second-order valence-corrected chi connectivity index (χ2v) is 2.88. The molecule has 0 saturated carbocycles. The van der Waals surface area contributed by atoms with E-state index in [2.05, 4.69) is 5.32 Å². The van der Waals surface area contributed by atoms with Gasteiger partial charge in [-0.05, 0) is 13.8 Å². The Hall–Kier alpha value is -0.610. The highest BCUT2D eigenvalue weighted by molar-refractivity contribution is 5.74. The molecule has 3 unspecified atom stereocenters. The summed E-state index contributed by atoms with van der Waals surface area (Å²) in [5.41, 5.74) is 0. The Balaban J connectivity index is 2.50. The van der Waals surface area contributed by atoms with Crippen molar-refractivity contribution in [3.8, 4) is 0 Å². The number of ether oxygens (including phenoxy) is 1. The molecule has 0 spiro atoms. The molecule has 2 N–H and O–H groups in total. The summed E-state index contributed by atoms with van der Waals surface area (Å²) in [5, 5.41) is 11.5. The van der Waals surface area contributed by atoms with Gasteiger partial charge in [0.05, 0.1) is 12.2 Å². The third-order valence-corrected chi connectivity index (χ3v) is 1.81. The van der Waals surface area contributed by atoms with Gasteiger partial charge in [-0.2, -0.15) is 0 Å². The molecule has 1 aliphatic heterocycles.